The first-order chi connectivity index (χ1) is 9.22. The fourth-order valence-corrected chi connectivity index (χ4v) is 1.73. The van der Waals surface area contributed by atoms with E-state index < -0.39 is 43.8 Å². The van der Waals surface area contributed by atoms with E-state index in [1.54, 1.807) is 0 Å². The number of hydrogen-bond acceptors (Lipinski definition) is 2. The molecule has 0 fully saturated rings. The first-order valence-electron chi connectivity index (χ1n) is 6.00. The SMILES string of the molecule is CN(C)C(=[Se])N(C)C(F)(F)C(F)(F)CCCCC(F)(F)F. The Kier molecular flexibility index (Phi) is 7.00. The molecule has 126 valence electrons. The number of rotatable bonds is 8. The minimum absolute atomic E-state index is 0.0801. The van der Waals surface area contributed by atoms with Gasteiger partial charge in [-0.05, 0) is 0 Å². The molecule has 0 radical (unpaired) electrons. The second kappa shape index (κ2) is 7.17. The maximum absolute atomic E-state index is 13.8. The van der Waals surface area contributed by atoms with Gasteiger partial charge >= 0.3 is 126 Å². The molecule has 0 saturated heterocycles. The zero-order chi connectivity index (χ0) is 17.1. The van der Waals surface area contributed by atoms with Gasteiger partial charge < -0.3 is 0 Å². The van der Waals surface area contributed by atoms with Crippen molar-refractivity contribution in [1.82, 2.24) is 9.80 Å². The Bertz CT molecular complexity index is 355. The summed E-state index contributed by atoms with van der Waals surface area (Å²) in [6, 6.07) is -4.50. The average molecular weight is 389 g/mol. The molecule has 0 atom stereocenters. The van der Waals surface area contributed by atoms with Gasteiger partial charge in [0.2, 0.25) is 0 Å². The van der Waals surface area contributed by atoms with Crippen LogP contribution in [0.1, 0.15) is 25.7 Å². The van der Waals surface area contributed by atoms with E-state index in [2.05, 4.69) is 15.6 Å². The Labute approximate surface area is 126 Å². The third-order valence-corrected chi connectivity index (χ3v) is 4.07. The second-order valence-corrected chi connectivity index (χ2v) is 5.57. The summed E-state index contributed by atoms with van der Waals surface area (Å²) >= 11 is 2.25. The summed E-state index contributed by atoms with van der Waals surface area (Å²) in [5, 5.41) is 0. The molecule has 0 aliphatic heterocycles. The Balaban J connectivity index is 4.69. The van der Waals surface area contributed by atoms with Gasteiger partial charge in [-0.15, -0.1) is 0 Å². The van der Waals surface area contributed by atoms with Crippen LogP contribution in [0, 0.1) is 0 Å². The van der Waals surface area contributed by atoms with E-state index in [9.17, 15) is 30.7 Å². The predicted molar refractivity (Wildman–Crippen MR) is 66.6 cm³/mol. The van der Waals surface area contributed by atoms with Crippen LogP contribution in [-0.2, 0) is 0 Å². The summed E-state index contributed by atoms with van der Waals surface area (Å²) < 4.78 is 90.1. The van der Waals surface area contributed by atoms with Gasteiger partial charge in [0.1, 0.15) is 0 Å². The molecular weight excluding hydrogens is 372 g/mol. The molecule has 0 spiro atoms. The number of alkyl halides is 7. The molecule has 0 bridgehead atoms. The van der Waals surface area contributed by atoms with Crippen molar-refractivity contribution in [3.8, 4) is 0 Å². The van der Waals surface area contributed by atoms with Crippen LogP contribution >= 0.6 is 0 Å². The molecule has 0 unspecified atom stereocenters. The Morgan fingerprint density at radius 1 is 0.857 bits per heavy atom. The van der Waals surface area contributed by atoms with Gasteiger partial charge in [-0.3, -0.25) is 0 Å². The summed E-state index contributed by atoms with van der Waals surface area (Å²) in [5.41, 5.74) is 0. The Hall–Kier alpha value is -0.501. The molecule has 0 aromatic rings. The van der Waals surface area contributed by atoms with Gasteiger partial charge in [0.15, 0.2) is 0 Å². The average Bonchev–Trinajstić information content (AvgIpc) is 2.31. The van der Waals surface area contributed by atoms with E-state index in [0.717, 1.165) is 7.05 Å². The van der Waals surface area contributed by atoms with Gasteiger partial charge in [-0.2, -0.15) is 0 Å². The topological polar surface area (TPSA) is 6.48 Å². The molecule has 0 heterocycles. The summed E-state index contributed by atoms with van der Waals surface area (Å²) in [4.78, 5) is 1.27. The van der Waals surface area contributed by atoms with E-state index in [0.29, 0.717) is 0 Å². The fraction of sp³-hybridized carbons (Fsp3) is 0.909. The Morgan fingerprint density at radius 2 is 1.29 bits per heavy atom. The molecule has 0 amide bonds. The van der Waals surface area contributed by atoms with Crippen LogP contribution < -0.4 is 0 Å². The quantitative estimate of drug-likeness (QED) is 0.273. The Morgan fingerprint density at radius 3 is 1.67 bits per heavy atom. The molecule has 2 nitrogen and oxygen atoms in total. The minimum atomic E-state index is -4.50. The third kappa shape index (κ3) is 6.02. The van der Waals surface area contributed by atoms with E-state index in [4.69, 9.17) is 0 Å². The molecule has 0 N–H and O–H groups in total. The van der Waals surface area contributed by atoms with Gasteiger partial charge in [-0.25, -0.2) is 0 Å². The molecule has 0 aromatic carbocycles. The molecule has 0 rings (SSSR count). The van der Waals surface area contributed by atoms with Gasteiger partial charge in [0, 0.05) is 0 Å². The van der Waals surface area contributed by atoms with Gasteiger partial charge in [0.25, 0.3) is 0 Å². The van der Waals surface area contributed by atoms with Crippen LogP contribution in [0.4, 0.5) is 30.7 Å². The van der Waals surface area contributed by atoms with E-state index in [-0.39, 0.29) is 9.57 Å². The first-order valence-corrected chi connectivity index (χ1v) is 6.85. The maximum atomic E-state index is 13.8. The van der Waals surface area contributed by atoms with Crippen molar-refractivity contribution in [1.29, 1.82) is 0 Å². The van der Waals surface area contributed by atoms with Crippen LogP contribution in [0.3, 0.4) is 0 Å². The first kappa shape index (κ1) is 20.5. The normalized spacial score (nSPS) is 13.2. The summed E-state index contributed by atoms with van der Waals surface area (Å²) in [7, 11) is 3.56. The molecule has 10 heteroatoms. The van der Waals surface area contributed by atoms with Crippen molar-refractivity contribution in [2.75, 3.05) is 21.1 Å². The van der Waals surface area contributed by atoms with E-state index in [1.165, 1.54) is 19.0 Å². The van der Waals surface area contributed by atoms with E-state index in [1.807, 2.05) is 0 Å². The van der Waals surface area contributed by atoms with Crippen molar-refractivity contribution in [2.24, 2.45) is 0 Å². The van der Waals surface area contributed by atoms with Crippen molar-refractivity contribution < 1.29 is 30.7 Å². The molecular formula is C11H17F7N2Se. The summed E-state index contributed by atoms with van der Waals surface area (Å²) in [6.07, 6.45) is -8.30. The molecule has 0 aliphatic rings. The van der Waals surface area contributed by atoms with Crippen molar-refractivity contribution in [3.05, 3.63) is 0 Å². The number of halogens is 7. The molecule has 0 aliphatic carbocycles. The van der Waals surface area contributed by atoms with Gasteiger partial charge in [-0.1, -0.05) is 0 Å². The number of hydrogen-bond donors (Lipinski definition) is 0. The molecule has 0 aromatic heterocycles. The number of unbranched alkanes of at least 4 members (excludes halogenated alkanes) is 1. The molecule has 0 saturated carbocycles. The zero-order valence-electron chi connectivity index (χ0n) is 11.8. The van der Waals surface area contributed by atoms with Crippen molar-refractivity contribution >= 4 is 20.2 Å². The summed E-state index contributed by atoms with van der Waals surface area (Å²) in [6.45, 7) is 0. The third-order valence-electron chi connectivity index (χ3n) is 2.73. The van der Waals surface area contributed by atoms with Crippen LogP contribution in [0.25, 0.3) is 0 Å². The van der Waals surface area contributed by atoms with Crippen LogP contribution in [0.5, 0.6) is 0 Å². The van der Waals surface area contributed by atoms with Gasteiger partial charge in [0.05, 0.1) is 0 Å². The van der Waals surface area contributed by atoms with Crippen LogP contribution in [0.2, 0.25) is 0 Å². The molecule has 21 heavy (non-hydrogen) atoms. The predicted octanol–water partition coefficient (Wildman–Crippen LogP) is 3.09. The second-order valence-electron chi connectivity index (χ2n) is 4.80. The van der Waals surface area contributed by atoms with Crippen molar-refractivity contribution in [2.45, 2.75) is 43.8 Å². The monoisotopic (exact) mass is 390 g/mol. The summed E-state index contributed by atoms with van der Waals surface area (Å²) in [5.74, 6) is -4.43. The van der Waals surface area contributed by atoms with E-state index >= 15 is 0 Å². The fourth-order valence-electron chi connectivity index (χ4n) is 1.49. The van der Waals surface area contributed by atoms with Crippen LogP contribution in [-0.4, -0.2) is 69.3 Å². The standard InChI is InChI=1S/C11H17F7N2Se/c1-19(2)8(21)20(3)11(17,18)9(12,13)6-4-5-7-10(14,15)16/h4-7H2,1-3H3. The van der Waals surface area contributed by atoms with Crippen molar-refractivity contribution in [3.63, 3.8) is 0 Å². The van der Waals surface area contributed by atoms with Crippen LogP contribution in [0.15, 0.2) is 0 Å². The zero-order valence-corrected chi connectivity index (χ0v) is 13.5. The number of nitrogens with zero attached hydrogens (tertiary/aromatic N) is 2.